The summed E-state index contributed by atoms with van der Waals surface area (Å²) in [6, 6.07) is 0. The molecule has 1 atom stereocenters. The van der Waals surface area contributed by atoms with Crippen LogP contribution in [0.4, 0.5) is 0 Å². The molecule has 4 heteroatoms. The van der Waals surface area contributed by atoms with Crippen LogP contribution in [0.15, 0.2) is 33.9 Å². The van der Waals surface area contributed by atoms with Gasteiger partial charge in [-0.05, 0) is 24.1 Å². The van der Waals surface area contributed by atoms with Crippen molar-refractivity contribution in [1.82, 2.24) is 0 Å². The monoisotopic (exact) mass is 306 g/mol. The summed E-state index contributed by atoms with van der Waals surface area (Å²) in [6.45, 7) is 5.69. The van der Waals surface area contributed by atoms with Crippen LogP contribution in [0.3, 0.4) is 0 Å². The highest BCUT2D eigenvalue weighted by Crippen LogP contribution is 2.36. The molecule has 0 heterocycles. The molecule has 0 fully saturated rings. The van der Waals surface area contributed by atoms with Gasteiger partial charge in [0.25, 0.3) is 0 Å². The van der Waals surface area contributed by atoms with E-state index in [4.69, 9.17) is 5.11 Å². The lowest BCUT2D eigenvalue weighted by atomic mass is 9.96. The van der Waals surface area contributed by atoms with Crippen molar-refractivity contribution in [3.63, 3.8) is 0 Å². The molecule has 0 aliphatic heterocycles. The third-order valence-corrected chi connectivity index (χ3v) is 4.39. The normalized spacial score (nSPS) is 23.2. The van der Waals surface area contributed by atoms with Crippen LogP contribution in [0.2, 0.25) is 0 Å². The quantitative estimate of drug-likeness (QED) is 0.756. The van der Waals surface area contributed by atoms with E-state index in [1.165, 1.54) is 0 Å². The van der Waals surface area contributed by atoms with E-state index >= 15 is 0 Å². The summed E-state index contributed by atoms with van der Waals surface area (Å²) in [6.07, 6.45) is 1.62. The van der Waals surface area contributed by atoms with Crippen molar-refractivity contribution in [3.05, 3.63) is 33.9 Å². The molecule has 0 spiro atoms. The molecule has 1 rings (SSSR count). The van der Waals surface area contributed by atoms with Crippen LogP contribution in [-0.2, 0) is 4.79 Å². The highest BCUT2D eigenvalue weighted by Gasteiger charge is 2.24. The van der Waals surface area contributed by atoms with Gasteiger partial charge in [-0.3, -0.25) is 0 Å². The molecule has 13 heavy (non-hydrogen) atoms. The van der Waals surface area contributed by atoms with E-state index in [-0.39, 0.29) is 10.4 Å². The van der Waals surface area contributed by atoms with Crippen LogP contribution >= 0.6 is 31.9 Å². The maximum atomic E-state index is 10.8. The third kappa shape index (κ3) is 1.94. The van der Waals surface area contributed by atoms with Gasteiger partial charge < -0.3 is 5.11 Å². The number of allylic oxidation sites excluding steroid dienone is 3. The fourth-order valence-electron chi connectivity index (χ4n) is 1.03. The van der Waals surface area contributed by atoms with E-state index in [0.29, 0.717) is 4.48 Å². The highest BCUT2D eigenvalue weighted by molar-refractivity contribution is 9.14. The summed E-state index contributed by atoms with van der Waals surface area (Å²) < 4.78 is 0.621. The standard InChI is InChI=1S/C9H8Br2O2/c1-4-3-6(9(12)13)8(11)7(10)5(4)2/h3,7H,2H2,1H3,(H,12,13). The average molecular weight is 308 g/mol. The predicted octanol–water partition coefficient (Wildman–Crippen LogP) is 3.00. The van der Waals surface area contributed by atoms with E-state index in [2.05, 4.69) is 38.4 Å². The van der Waals surface area contributed by atoms with E-state index in [1.54, 1.807) is 6.08 Å². The maximum absolute atomic E-state index is 10.8. The molecule has 1 N–H and O–H groups in total. The number of rotatable bonds is 1. The van der Waals surface area contributed by atoms with Crippen LogP contribution in [0.1, 0.15) is 6.92 Å². The summed E-state index contributed by atoms with van der Waals surface area (Å²) in [7, 11) is 0. The first-order valence-corrected chi connectivity index (χ1v) is 5.30. The molecule has 0 saturated carbocycles. The zero-order valence-electron chi connectivity index (χ0n) is 6.97. The summed E-state index contributed by atoms with van der Waals surface area (Å²) in [5, 5.41) is 8.85. The maximum Gasteiger partial charge on any atom is 0.336 e. The van der Waals surface area contributed by atoms with Gasteiger partial charge in [-0.2, -0.15) is 0 Å². The molecule has 70 valence electrons. The first-order valence-electron chi connectivity index (χ1n) is 3.59. The van der Waals surface area contributed by atoms with Gasteiger partial charge in [0.05, 0.1) is 10.4 Å². The van der Waals surface area contributed by atoms with Gasteiger partial charge in [-0.15, -0.1) is 0 Å². The predicted molar refractivity (Wildman–Crippen MR) is 59.2 cm³/mol. The Kier molecular flexibility index (Phi) is 3.14. The van der Waals surface area contributed by atoms with Crippen LogP contribution in [-0.4, -0.2) is 15.9 Å². The van der Waals surface area contributed by atoms with E-state index < -0.39 is 5.97 Å². The average Bonchev–Trinajstić information content (AvgIpc) is 2.07. The van der Waals surface area contributed by atoms with E-state index in [1.807, 2.05) is 6.92 Å². The molecule has 0 aromatic carbocycles. The van der Waals surface area contributed by atoms with Gasteiger partial charge >= 0.3 is 5.97 Å². The molecular formula is C9H8Br2O2. The summed E-state index contributed by atoms with van der Waals surface area (Å²) in [5.41, 5.74) is 2.06. The Morgan fingerprint density at radius 2 is 2.23 bits per heavy atom. The molecule has 0 aromatic rings. The smallest absolute Gasteiger partial charge is 0.336 e. The minimum Gasteiger partial charge on any atom is -0.478 e. The summed E-state index contributed by atoms with van der Waals surface area (Å²) in [5.74, 6) is -0.928. The molecule has 0 saturated heterocycles. The topological polar surface area (TPSA) is 37.3 Å². The fourth-order valence-corrected chi connectivity index (χ4v) is 2.20. The molecule has 2 nitrogen and oxygen atoms in total. The van der Waals surface area contributed by atoms with E-state index in [0.717, 1.165) is 11.1 Å². The molecular weight excluding hydrogens is 300 g/mol. The second-order valence-electron chi connectivity index (χ2n) is 2.78. The number of alkyl halides is 1. The SMILES string of the molecule is C=C1C(C)=CC(C(=O)O)=C(Br)C1Br. The van der Waals surface area contributed by atoms with Crippen molar-refractivity contribution in [1.29, 1.82) is 0 Å². The minimum absolute atomic E-state index is 0.122. The molecule has 0 radical (unpaired) electrons. The molecule has 0 bridgehead atoms. The Labute approximate surface area is 93.3 Å². The van der Waals surface area contributed by atoms with E-state index in [9.17, 15) is 4.79 Å². The minimum atomic E-state index is -0.928. The van der Waals surface area contributed by atoms with Crippen LogP contribution < -0.4 is 0 Å². The van der Waals surface area contributed by atoms with Crippen LogP contribution in [0.25, 0.3) is 0 Å². The van der Waals surface area contributed by atoms with Crippen molar-refractivity contribution < 1.29 is 9.90 Å². The lowest BCUT2D eigenvalue weighted by molar-refractivity contribution is -0.132. The Morgan fingerprint density at radius 3 is 2.69 bits per heavy atom. The van der Waals surface area contributed by atoms with Crippen molar-refractivity contribution in [2.24, 2.45) is 0 Å². The Hall–Kier alpha value is -0.350. The largest absolute Gasteiger partial charge is 0.478 e. The third-order valence-electron chi connectivity index (χ3n) is 1.88. The molecule has 1 aliphatic carbocycles. The Morgan fingerprint density at radius 1 is 1.69 bits per heavy atom. The first kappa shape index (κ1) is 10.7. The van der Waals surface area contributed by atoms with Gasteiger partial charge in [-0.25, -0.2) is 4.79 Å². The number of carboxylic acids is 1. The number of hydrogen-bond donors (Lipinski definition) is 1. The highest BCUT2D eigenvalue weighted by atomic mass is 79.9. The summed E-state index contributed by atoms with van der Waals surface area (Å²) >= 11 is 6.59. The lowest BCUT2D eigenvalue weighted by Crippen LogP contribution is -2.14. The molecule has 1 unspecified atom stereocenters. The lowest BCUT2D eigenvalue weighted by Gasteiger charge is -2.20. The number of carboxylic acid groups (broad SMARTS) is 1. The molecule has 1 aliphatic rings. The number of carbonyl (C=O) groups is 1. The molecule has 0 aromatic heterocycles. The Bertz CT molecular complexity index is 340. The van der Waals surface area contributed by atoms with Crippen LogP contribution in [0.5, 0.6) is 0 Å². The molecule has 0 amide bonds. The second kappa shape index (κ2) is 3.80. The van der Waals surface area contributed by atoms with Crippen molar-refractivity contribution in [2.45, 2.75) is 11.8 Å². The van der Waals surface area contributed by atoms with Gasteiger partial charge in [0.2, 0.25) is 0 Å². The van der Waals surface area contributed by atoms with Gasteiger partial charge in [0.1, 0.15) is 0 Å². The summed E-state index contributed by atoms with van der Waals surface area (Å²) in [4.78, 5) is 10.7. The fraction of sp³-hybridized carbons (Fsp3) is 0.222. The van der Waals surface area contributed by atoms with Gasteiger partial charge in [-0.1, -0.05) is 38.4 Å². The van der Waals surface area contributed by atoms with Gasteiger partial charge in [0.15, 0.2) is 0 Å². The second-order valence-corrected chi connectivity index (χ2v) is 4.55. The number of aliphatic carboxylic acids is 1. The van der Waals surface area contributed by atoms with Crippen molar-refractivity contribution in [3.8, 4) is 0 Å². The van der Waals surface area contributed by atoms with Gasteiger partial charge in [0, 0.05) is 4.48 Å². The zero-order chi connectivity index (χ0) is 10.2. The van der Waals surface area contributed by atoms with Crippen molar-refractivity contribution >= 4 is 37.8 Å². The number of halogens is 2. The van der Waals surface area contributed by atoms with Crippen molar-refractivity contribution in [2.75, 3.05) is 0 Å². The first-order chi connectivity index (χ1) is 5.95. The Balaban J connectivity index is 3.23. The number of hydrogen-bond acceptors (Lipinski definition) is 1. The van der Waals surface area contributed by atoms with Crippen LogP contribution in [0, 0.1) is 0 Å². The zero-order valence-corrected chi connectivity index (χ0v) is 10.1.